The van der Waals surface area contributed by atoms with Crippen molar-refractivity contribution >= 4 is 23.0 Å². The molecule has 98 valence electrons. The third kappa shape index (κ3) is 2.73. The highest BCUT2D eigenvalue weighted by molar-refractivity contribution is 5.95. The summed E-state index contributed by atoms with van der Waals surface area (Å²) in [5.41, 5.74) is 9.23. The van der Waals surface area contributed by atoms with Gasteiger partial charge in [-0.25, -0.2) is 0 Å². The SMILES string of the molecule is CCC(O)CNc1cc2c(cc1N)CCC(=O)N2. The molecule has 5 heteroatoms. The van der Waals surface area contributed by atoms with Crippen LogP contribution in [0, 0.1) is 0 Å². The van der Waals surface area contributed by atoms with Gasteiger partial charge in [-0.15, -0.1) is 0 Å². The maximum absolute atomic E-state index is 11.3. The number of aliphatic hydroxyl groups excluding tert-OH is 1. The number of aliphatic hydroxyl groups is 1. The second-order valence-corrected chi connectivity index (χ2v) is 4.59. The summed E-state index contributed by atoms with van der Waals surface area (Å²) in [6.07, 6.45) is 1.53. The van der Waals surface area contributed by atoms with E-state index >= 15 is 0 Å². The third-order valence-electron chi connectivity index (χ3n) is 3.17. The molecule has 1 aromatic rings. The number of hydrogen-bond donors (Lipinski definition) is 4. The lowest BCUT2D eigenvalue weighted by Gasteiger charge is -2.20. The van der Waals surface area contributed by atoms with Crippen LogP contribution in [0.15, 0.2) is 12.1 Å². The highest BCUT2D eigenvalue weighted by Gasteiger charge is 2.16. The van der Waals surface area contributed by atoms with Crippen molar-refractivity contribution in [3.63, 3.8) is 0 Å². The van der Waals surface area contributed by atoms with Crippen LogP contribution < -0.4 is 16.4 Å². The van der Waals surface area contributed by atoms with E-state index < -0.39 is 6.10 Å². The predicted molar refractivity (Wildman–Crippen MR) is 72.6 cm³/mol. The Kier molecular flexibility index (Phi) is 3.72. The lowest BCUT2D eigenvalue weighted by atomic mass is 10.0. The Balaban J connectivity index is 2.16. The fourth-order valence-corrected chi connectivity index (χ4v) is 1.97. The van der Waals surface area contributed by atoms with Gasteiger partial charge in [-0.05, 0) is 30.5 Å². The normalized spacial score (nSPS) is 15.8. The lowest BCUT2D eigenvalue weighted by molar-refractivity contribution is -0.116. The molecule has 1 aromatic carbocycles. The number of rotatable bonds is 4. The van der Waals surface area contributed by atoms with Crippen molar-refractivity contribution in [3.8, 4) is 0 Å². The first kappa shape index (κ1) is 12.7. The zero-order valence-electron chi connectivity index (χ0n) is 10.5. The molecule has 1 heterocycles. The molecule has 0 aromatic heterocycles. The minimum Gasteiger partial charge on any atom is -0.397 e. The van der Waals surface area contributed by atoms with Gasteiger partial charge in [-0.3, -0.25) is 4.79 Å². The maximum atomic E-state index is 11.3. The fraction of sp³-hybridized carbons (Fsp3) is 0.462. The Morgan fingerprint density at radius 1 is 1.50 bits per heavy atom. The maximum Gasteiger partial charge on any atom is 0.224 e. The number of nitrogens with one attached hydrogen (secondary N) is 2. The summed E-state index contributed by atoms with van der Waals surface area (Å²) < 4.78 is 0. The van der Waals surface area contributed by atoms with Gasteiger partial charge in [0, 0.05) is 18.7 Å². The number of nitrogen functional groups attached to an aromatic ring is 1. The van der Waals surface area contributed by atoms with E-state index in [1.165, 1.54) is 0 Å². The third-order valence-corrected chi connectivity index (χ3v) is 3.17. The molecule has 1 atom stereocenters. The second kappa shape index (κ2) is 5.27. The molecule has 0 fully saturated rings. The van der Waals surface area contributed by atoms with Crippen molar-refractivity contribution in [1.29, 1.82) is 0 Å². The molecule has 1 unspecified atom stereocenters. The molecule has 0 radical (unpaired) electrons. The van der Waals surface area contributed by atoms with Crippen LogP contribution in [0.5, 0.6) is 0 Å². The van der Waals surface area contributed by atoms with E-state index in [9.17, 15) is 9.90 Å². The molecule has 0 saturated heterocycles. The van der Waals surface area contributed by atoms with Gasteiger partial charge in [0.2, 0.25) is 5.91 Å². The van der Waals surface area contributed by atoms with Crippen molar-refractivity contribution in [1.82, 2.24) is 0 Å². The van der Waals surface area contributed by atoms with Crippen molar-refractivity contribution in [3.05, 3.63) is 17.7 Å². The largest absolute Gasteiger partial charge is 0.397 e. The van der Waals surface area contributed by atoms with Crippen molar-refractivity contribution in [2.45, 2.75) is 32.3 Å². The summed E-state index contributed by atoms with van der Waals surface area (Å²) in [6, 6.07) is 3.72. The van der Waals surface area contributed by atoms with Gasteiger partial charge in [0.15, 0.2) is 0 Å². The Labute approximate surface area is 106 Å². The molecule has 1 amide bonds. The molecule has 0 aliphatic carbocycles. The Hall–Kier alpha value is -1.75. The standard InChI is InChI=1S/C13H19N3O2/c1-2-9(17)7-15-12-6-11-8(5-10(12)14)3-4-13(18)16-11/h5-6,9,15,17H,2-4,7,14H2,1H3,(H,16,18). The van der Waals surface area contributed by atoms with Crippen LogP contribution >= 0.6 is 0 Å². The van der Waals surface area contributed by atoms with Gasteiger partial charge in [-0.1, -0.05) is 6.92 Å². The number of fused-ring (bicyclic) bond motifs is 1. The minimum atomic E-state index is -0.393. The summed E-state index contributed by atoms with van der Waals surface area (Å²) in [4.78, 5) is 11.3. The van der Waals surface area contributed by atoms with E-state index in [0.717, 1.165) is 23.4 Å². The molecular formula is C13H19N3O2. The summed E-state index contributed by atoms with van der Waals surface area (Å²) in [5.74, 6) is 0.0341. The van der Waals surface area contributed by atoms with E-state index in [-0.39, 0.29) is 5.91 Å². The van der Waals surface area contributed by atoms with Gasteiger partial charge in [0.05, 0.1) is 17.5 Å². The summed E-state index contributed by atoms with van der Waals surface area (Å²) in [5, 5.41) is 15.5. The Morgan fingerprint density at radius 2 is 2.28 bits per heavy atom. The molecule has 18 heavy (non-hydrogen) atoms. The molecule has 1 aliphatic rings. The van der Waals surface area contributed by atoms with Crippen LogP contribution in [0.2, 0.25) is 0 Å². The van der Waals surface area contributed by atoms with Crippen LogP contribution in [0.3, 0.4) is 0 Å². The van der Waals surface area contributed by atoms with Gasteiger partial charge in [0.1, 0.15) is 0 Å². The number of carbonyl (C=O) groups is 1. The molecular weight excluding hydrogens is 230 g/mol. The number of hydrogen-bond acceptors (Lipinski definition) is 4. The molecule has 2 rings (SSSR count). The predicted octanol–water partition coefficient (Wildman–Crippen LogP) is 1.34. The fourth-order valence-electron chi connectivity index (χ4n) is 1.97. The highest BCUT2D eigenvalue weighted by Crippen LogP contribution is 2.30. The van der Waals surface area contributed by atoms with Crippen molar-refractivity contribution in [2.24, 2.45) is 0 Å². The van der Waals surface area contributed by atoms with Crippen LogP contribution in [0.1, 0.15) is 25.3 Å². The first-order chi connectivity index (χ1) is 8.60. The topological polar surface area (TPSA) is 87.4 Å². The molecule has 0 spiro atoms. The molecule has 5 N–H and O–H groups in total. The highest BCUT2D eigenvalue weighted by atomic mass is 16.3. The first-order valence-electron chi connectivity index (χ1n) is 6.24. The molecule has 1 aliphatic heterocycles. The van der Waals surface area contributed by atoms with Crippen molar-refractivity contribution < 1.29 is 9.90 Å². The summed E-state index contributed by atoms with van der Waals surface area (Å²) in [7, 11) is 0. The molecule has 0 bridgehead atoms. The summed E-state index contributed by atoms with van der Waals surface area (Å²) in [6.45, 7) is 2.37. The smallest absolute Gasteiger partial charge is 0.224 e. The van der Waals surface area contributed by atoms with Crippen LogP contribution in [0.25, 0.3) is 0 Å². The van der Waals surface area contributed by atoms with Gasteiger partial charge < -0.3 is 21.5 Å². The van der Waals surface area contributed by atoms with Crippen LogP contribution in [0.4, 0.5) is 17.1 Å². The van der Waals surface area contributed by atoms with E-state index in [1.807, 2.05) is 19.1 Å². The lowest BCUT2D eigenvalue weighted by Crippen LogP contribution is -2.21. The zero-order chi connectivity index (χ0) is 13.1. The number of amides is 1. The first-order valence-corrected chi connectivity index (χ1v) is 6.24. The van der Waals surface area contributed by atoms with Gasteiger partial charge in [0.25, 0.3) is 0 Å². The van der Waals surface area contributed by atoms with Gasteiger partial charge in [-0.2, -0.15) is 0 Å². The van der Waals surface area contributed by atoms with Crippen molar-refractivity contribution in [2.75, 3.05) is 22.9 Å². The molecule has 0 saturated carbocycles. The quantitative estimate of drug-likeness (QED) is 0.606. The Bertz CT molecular complexity index is 460. The zero-order valence-corrected chi connectivity index (χ0v) is 10.5. The van der Waals surface area contributed by atoms with E-state index in [2.05, 4.69) is 10.6 Å². The number of aryl methyl sites for hydroxylation is 1. The van der Waals surface area contributed by atoms with Gasteiger partial charge >= 0.3 is 0 Å². The number of benzene rings is 1. The van der Waals surface area contributed by atoms with E-state index in [1.54, 1.807) is 0 Å². The summed E-state index contributed by atoms with van der Waals surface area (Å²) >= 11 is 0. The minimum absolute atomic E-state index is 0.0341. The molecule has 5 nitrogen and oxygen atoms in total. The number of anilines is 3. The van der Waals surface area contributed by atoms with E-state index in [0.29, 0.717) is 25.1 Å². The monoisotopic (exact) mass is 249 g/mol. The average Bonchev–Trinajstić information content (AvgIpc) is 2.36. The average molecular weight is 249 g/mol. The Morgan fingerprint density at radius 3 is 3.00 bits per heavy atom. The van der Waals surface area contributed by atoms with E-state index in [4.69, 9.17) is 5.73 Å². The second-order valence-electron chi connectivity index (χ2n) is 4.59. The number of nitrogens with two attached hydrogens (primary N) is 1. The number of carbonyl (C=O) groups excluding carboxylic acids is 1. The van der Waals surface area contributed by atoms with Crippen LogP contribution in [-0.4, -0.2) is 23.7 Å². The van der Waals surface area contributed by atoms with Crippen LogP contribution in [-0.2, 0) is 11.2 Å².